The number of esters is 1. The molecule has 1 aliphatic carbocycles. The molecular weight excluding hydrogens is 538 g/mol. The summed E-state index contributed by atoms with van der Waals surface area (Å²) >= 11 is 3.56. The molecule has 37 heavy (non-hydrogen) atoms. The Bertz CT molecular complexity index is 1350. The normalized spacial score (nSPS) is 14.4. The number of aromatic nitrogens is 2. The van der Waals surface area contributed by atoms with Crippen LogP contribution in [0.1, 0.15) is 70.2 Å². The number of carbonyl (C=O) groups is 1. The first-order valence-electron chi connectivity index (χ1n) is 12.7. The minimum absolute atomic E-state index is 0.187. The van der Waals surface area contributed by atoms with Gasteiger partial charge in [0.1, 0.15) is 5.82 Å². The van der Waals surface area contributed by atoms with Crippen LogP contribution in [0.3, 0.4) is 0 Å². The molecule has 0 atom stereocenters. The van der Waals surface area contributed by atoms with Gasteiger partial charge in [0.2, 0.25) is 0 Å². The minimum atomic E-state index is -0.461. The van der Waals surface area contributed by atoms with E-state index < -0.39 is 5.97 Å². The van der Waals surface area contributed by atoms with Gasteiger partial charge in [-0.15, -0.1) is 0 Å². The van der Waals surface area contributed by atoms with Crippen molar-refractivity contribution in [2.75, 3.05) is 13.2 Å². The quantitative estimate of drug-likeness (QED) is 0.238. The van der Waals surface area contributed by atoms with Crippen LogP contribution in [0.2, 0.25) is 0 Å². The van der Waals surface area contributed by atoms with Crippen molar-refractivity contribution in [2.24, 2.45) is 5.10 Å². The molecular formula is C28H32BrN3O5. The second kappa shape index (κ2) is 12.4. The molecule has 0 spiro atoms. The summed E-state index contributed by atoms with van der Waals surface area (Å²) < 4.78 is 18.7. The van der Waals surface area contributed by atoms with E-state index in [1.807, 2.05) is 25.1 Å². The topological polar surface area (TPSA) is 92.0 Å². The first kappa shape index (κ1) is 26.9. The number of para-hydroxylation sites is 1. The zero-order chi connectivity index (χ0) is 26.4. The van der Waals surface area contributed by atoms with Crippen LogP contribution < -0.4 is 15.0 Å². The number of halogens is 1. The van der Waals surface area contributed by atoms with Crippen molar-refractivity contribution in [1.82, 2.24) is 9.66 Å². The van der Waals surface area contributed by atoms with Gasteiger partial charge in [-0.1, -0.05) is 31.4 Å². The molecule has 0 radical (unpaired) electrons. The summed E-state index contributed by atoms with van der Waals surface area (Å²) in [7, 11) is 0. The molecule has 0 N–H and O–H groups in total. The highest BCUT2D eigenvalue weighted by Crippen LogP contribution is 2.34. The van der Waals surface area contributed by atoms with Crippen molar-refractivity contribution in [2.45, 2.75) is 64.9 Å². The highest BCUT2D eigenvalue weighted by atomic mass is 79.9. The van der Waals surface area contributed by atoms with Gasteiger partial charge in [0.05, 0.1) is 29.8 Å². The maximum Gasteiger partial charge on any atom is 0.344 e. The van der Waals surface area contributed by atoms with Gasteiger partial charge in [-0.05, 0) is 73.8 Å². The van der Waals surface area contributed by atoms with E-state index in [2.05, 4.69) is 21.0 Å². The highest BCUT2D eigenvalue weighted by molar-refractivity contribution is 9.10. The first-order valence-corrected chi connectivity index (χ1v) is 13.5. The second-order valence-corrected chi connectivity index (χ2v) is 10.1. The van der Waals surface area contributed by atoms with Gasteiger partial charge in [-0.25, -0.2) is 9.78 Å². The summed E-state index contributed by atoms with van der Waals surface area (Å²) in [5.41, 5.74) is 1.19. The van der Waals surface area contributed by atoms with Gasteiger partial charge >= 0.3 is 5.97 Å². The average molecular weight is 570 g/mol. The Labute approximate surface area is 224 Å². The van der Waals surface area contributed by atoms with E-state index in [0.717, 1.165) is 25.7 Å². The van der Waals surface area contributed by atoms with E-state index in [0.29, 0.717) is 44.9 Å². The fourth-order valence-electron chi connectivity index (χ4n) is 4.46. The Balaban J connectivity index is 1.69. The van der Waals surface area contributed by atoms with E-state index in [-0.39, 0.29) is 24.2 Å². The lowest BCUT2D eigenvalue weighted by atomic mass is 9.88. The van der Waals surface area contributed by atoms with Crippen molar-refractivity contribution >= 4 is 39.0 Å². The lowest BCUT2D eigenvalue weighted by Gasteiger charge is -2.22. The molecule has 0 aliphatic heterocycles. The molecule has 9 heteroatoms. The molecule has 2 aromatic carbocycles. The van der Waals surface area contributed by atoms with Crippen LogP contribution in [0.5, 0.6) is 11.5 Å². The smallest absolute Gasteiger partial charge is 0.344 e. The van der Waals surface area contributed by atoms with E-state index >= 15 is 0 Å². The number of rotatable bonds is 9. The predicted molar refractivity (Wildman–Crippen MR) is 147 cm³/mol. The zero-order valence-corrected chi connectivity index (χ0v) is 23.0. The van der Waals surface area contributed by atoms with Gasteiger partial charge < -0.3 is 14.2 Å². The molecule has 196 valence electrons. The Morgan fingerprint density at radius 3 is 2.62 bits per heavy atom. The van der Waals surface area contributed by atoms with Gasteiger partial charge in [-0.2, -0.15) is 9.78 Å². The van der Waals surface area contributed by atoms with Gasteiger partial charge in [-0.3, -0.25) is 4.79 Å². The molecule has 1 aliphatic rings. The van der Waals surface area contributed by atoms with Crippen molar-refractivity contribution in [3.8, 4) is 11.5 Å². The molecule has 0 bridgehead atoms. The Hall–Kier alpha value is -3.20. The van der Waals surface area contributed by atoms with E-state index in [1.165, 1.54) is 11.1 Å². The Kier molecular flexibility index (Phi) is 8.97. The second-order valence-electron chi connectivity index (χ2n) is 9.26. The van der Waals surface area contributed by atoms with E-state index in [1.54, 1.807) is 38.3 Å². The number of hydrogen-bond acceptors (Lipinski definition) is 7. The number of ether oxygens (including phenoxy) is 3. The molecule has 1 fully saturated rings. The highest BCUT2D eigenvalue weighted by Gasteiger charge is 2.22. The number of benzene rings is 2. The average Bonchev–Trinajstić information content (AvgIpc) is 2.89. The number of hydrogen-bond donors (Lipinski definition) is 0. The van der Waals surface area contributed by atoms with Gasteiger partial charge in [0.15, 0.2) is 18.1 Å². The lowest BCUT2D eigenvalue weighted by Crippen LogP contribution is -2.25. The van der Waals surface area contributed by atoms with Crippen molar-refractivity contribution in [3.05, 3.63) is 62.6 Å². The van der Waals surface area contributed by atoms with Crippen LogP contribution in [0.4, 0.5) is 0 Å². The minimum Gasteiger partial charge on any atom is -0.490 e. The lowest BCUT2D eigenvalue weighted by molar-refractivity contribution is -0.149. The number of fused-ring (bicyclic) bond motifs is 1. The van der Waals surface area contributed by atoms with Crippen LogP contribution in [-0.2, 0) is 9.53 Å². The van der Waals surface area contributed by atoms with Gasteiger partial charge in [0, 0.05) is 16.0 Å². The summed E-state index contributed by atoms with van der Waals surface area (Å²) in [5, 5.41) is 5.15. The fourth-order valence-corrected chi connectivity index (χ4v) is 4.89. The Morgan fingerprint density at radius 2 is 1.89 bits per heavy atom. The molecule has 8 nitrogen and oxygen atoms in total. The molecule has 1 saturated carbocycles. The van der Waals surface area contributed by atoms with E-state index in [9.17, 15) is 9.59 Å². The molecule has 0 unspecified atom stereocenters. The summed E-state index contributed by atoms with van der Waals surface area (Å²) in [6.07, 6.45) is 6.81. The van der Waals surface area contributed by atoms with Crippen molar-refractivity contribution in [3.63, 3.8) is 0 Å². The summed E-state index contributed by atoms with van der Waals surface area (Å²) in [5.74, 6) is 1.29. The molecule has 0 saturated heterocycles. The fraction of sp³-hybridized carbons (Fsp3) is 0.429. The maximum atomic E-state index is 13.5. The molecule has 1 aromatic heterocycles. The summed E-state index contributed by atoms with van der Waals surface area (Å²) in [4.78, 5) is 30.3. The summed E-state index contributed by atoms with van der Waals surface area (Å²) in [6.45, 7) is 5.60. The van der Waals surface area contributed by atoms with Crippen molar-refractivity contribution < 1.29 is 19.0 Å². The standard InChI is InChI=1S/C28H32BrN3O5/c1-4-35-24-14-20(22(29)15-25(24)36-17-26(33)37-18(2)3)16-30-32-27(19-10-6-5-7-11-19)31-23-13-9-8-12-21(23)28(32)34/h8-9,12-16,18-19H,4-7,10-11,17H2,1-3H3. The number of nitrogens with zero attached hydrogens (tertiary/aromatic N) is 3. The van der Waals surface area contributed by atoms with Crippen LogP contribution in [0.15, 0.2) is 50.8 Å². The predicted octanol–water partition coefficient (Wildman–Crippen LogP) is 5.82. The molecule has 3 aromatic rings. The van der Waals surface area contributed by atoms with E-state index in [4.69, 9.17) is 19.2 Å². The SMILES string of the molecule is CCOc1cc(C=Nn2c(C3CCCCC3)nc3ccccc3c2=O)c(Br)cc1OCC(=O)OC(C)C. The van der Waals surface area contributed by atoms with Crippen LogP contribution in [0, 0.1) is 0 Å². The third-order valence-corrected chi connectivity index (χ3v) is 6.82. The molecule has 0 amide bonds. The third-order valence-electron chi connectivity index (χ3n) is 6.14. The monoisotopic (exact) mass is 569 g/mol. The summed E-state index contributed by atoms with van der Waals surface area (Å²) in [6, 6.07) is 10.9. The van der Waals surface area contributed by atoms with Crippen LogP contribution >= 0.6 is 15.9 Å². The van der Waals surface area contributed by atoms with Crippen LogP contribution in [0.25, 0.3) is 10.9 Å². The van der Waals surface area contributed by atoms with Crippen LogP contribution in [-0.4, -0.2) is 41.2 Å². The third kappa shape index (κ3) is 6.57. The zero-order valence-electron chi connectivity index (χ0n) is 21.4. The van der Waals surface area contributed by atoms with Gasteiger partial charge in [0.25, 0.3) is 5.56 Å². The first-order chi connectivity index (χ1) is 17.9. The molecule has 4 rings (SSSR count). The Morgan fingerprint density at radius 1 is 1.16 bits per heavy atom. The van der Waals surface area contributed by atoms with Crippen molar-refractivity contribution in [1.29, 1.82) is 0 Å². The largest absolute Gasteiger partial charge is 0.490 e. The molecule has 1 heterocycles. The maximum absolute atomic E-state index is 13.5. The number of carbonyl (C=O) groups excluding carboxylic acids is 1.